The molecule has 0 aromatic heterocycles. The molecule has 3 heteroatoms. The molecule has 1 aliphatic carbocycles. The van der Waals surface area contributed by atoms with Gasteiger partial charge in [-0.25, -0.2) is 0 Å². The SMILES string of the molecule is CCC1CCC(Oc2ccc(Br)cc2C#N)CC1. The lowest BCUT2D eigenvalue weighted by Gasteiger charge is -2.28. The van der Waals surface area contributed by atoms with Crippen LogP contribution in [0.25, 0.3) is 0 Å². The molecule has 1 saturated carbocycles. The van der Waals surface area contributed by atoms with Gasteiger partial charge in [0, 0.05) is 4.47 Å². The van der Waals surface area contributed by atoms with Crippen LogP contribution >= 0.6 is 15.9 Å². The minimum absolute atomic E-state index is 0.279. The van der Waals surface area contributed by atoms with Gasteiger partial charge < -0.3 is 4.74 Å². The fourth-order valence-electron chi connectivity index (χ4n) is 2.53. The average Bonchev–Trinajstić information content (AvgIpc) is 2.41. The number of rotatable bonds is 3. The fraction of sp³-hybridized carbons (Fsp3) is 0.533. The summed E-state index contributed by atoms with van der Waals surface area (Å²) in [5.74, 6) is 1.59. The van der Waals surface area contributed by atoms with Gasteiger partial charge in [0.2, 0.25) is 0 Å². The monoisotopic (exact) mass is 307 g/mol. The fourth-order valence-corrected chi connectivity index (χ4v) is 2.89. The molecule has 0 amide bonds. The first-order valence-corrected chi connectivity index (χ1v) is 7.38. The van der Waals surface area contributed by atoms with Gasteiger partial charge in [0.25, 0.3) is 0 Å². The molecular weight excluding hydrogens is 290 g/mol. The summed E-state index contributed by atoms with van der Waals surface area (Å²) in [4.78, 5) is 0. The predicted molar refractivity (Wildman–Crippen MR) is 75.5 cm³/mol. The molecule has 1 aromatic rings. The minimum Gasteiger partial charge on any atom is -0.489 e. The smallest absolute Gasteiger partial charge is 0.137 e. The van der Waals surface area contributed by atoms with Crippen molar-refractivity contribution in [1.82, 2.24) is 0 Å². The third-order valence-electron chi connectivity index (χ3n) is 3.73. The topological polar surface area (TPSA) is 33.0 Å². The zero-order chi connectivity index (χ0) is 13.0. The standard InChI is InChI=1S/C15H18BrNO/c1-2-11-3-6-14(7-4-11)18-15-8-5-13(16)9-12(15)10-17/h5,8-9,11,14H,2-4,6-7H2,1H3. The zero-order valence-electron chi connectivity index (χ0n) is 10.7. The van der Waals surface area contributed by atoms with Gasteiger partial charge in [-0.05, 0) is 49.8 Å². The largest absolute Gasteiger partial charge is 0.489 e. The molecule has 1 aliphatic rings. The molecule has 0 unspecified atom stereocenters. The van der Waals surface area contributed by atoms with Crippen molar-refractivity contribution in [2.45, 2.75) is 45.1 Å². The molecule has 96 valence electrons. The highest BCUT2D eigenvalue weighted by molar-refractivity contribution is 9.10. The van der Waals surface area contributed by atoms with Crippen LogP contribution in [0.3, 0.4) is 0 Å². The molecule has 0 aliphatic heterocycles. The molecule has 0 saturated heterocycles. The van der Waals surface area contributed by atoms with Gasteiger partial charge >= 0.3 is 0 Å². The van der Waals surface area contributed by atoms with Crippen molar-refractivity contribution >= 4 is 15.9 Å². The number of hydrogen-bond acceptors (Lipinski definition) is 2. The van der Waals surface area contributed by atoms with E-state index in [-0.39, 0.29) is 6.10 Å². The van der Waals surface area contributed by atoms with E-state index in [1.807, 2.05) is 18.2 Å². The first-order chi connectivity index (χ1) is 8.72. The first kappa shape index (κ1) is 13.4. The molecule has 0 atom stereocenters. The van der Waals surface area contributed by atoms with E-state index < -0.39 is 0 Å². The number of nitriles is 1. The summed E-state index contributed by atoms with van der Waals surface area (Å²) in [5.41, 5.74) is 0.613. The van der Waals surface area contributed by atoms with Crippen molar-refractivity contribution in [3.8, 4) is 11.8 Å². The molecular formula is C15H18BrNO. The molecule has 0 radical (unpaired) electrons. The molecule has 1 aromatic carbocycles. The summed E-state index contributed by atoms with van der Waals surface area (Å²) in [6.45, 7) is 2.26. The third-order valence-corrected chi connectivity index (χ3v) is 4.22. The van der Waals surface area contributed by atoms with Gasteiger partial charge in [0.1, 0.15) is 11.8 Å². The van der Waals surface area contributed by atoms with E-state index in [1.54, 1.807) is 0 Å². The van der Waals surface area contributed by atoms with Crippen molar-refractivity contribution in [2.75, 3.05) is 0 Å². The maximum absolute atomic E-state index is 9.10. The van der Waals surface area contributed by atoms with E-state index in [4.69, 9.17) is 10.00 Å². The van der Waals surface area contributed by atoms with Crippen molar-refractivity contribution in [3.63, 3.8) is 0 Å². The Morgan fingerprint density at radius 1 is 1.33 bits per heavy atom. The summed E-state index contributed by atoms with van der Waals surface area (Å²) in [5, 5.41) is 9.10. The highest BCUT2D eigenvalue weighted by atomic mass is 79.9. The lowest BCUT2D eigenvalue weighted by Crippen LogP contribution is -2.24. The number of nitrogens with zero attached hydrogens (tertiary/aromatic N) is 1. The van der Waals surface area contributed by atoms with E-state index in [2.05, 4.69) is 28.9 Å². The normalized spacial score (nSPS) is 23.4. The van der Waals surface area contributed by atoms with Crippen LogP contribution in [0.5, 0.6) is 5.75 Å². The van der Waals surface area contributed by atoms with Crippen LogP contribution < -0.4 is 4.74 Å². The maximum atomic E-state index is 9.10. The molecule has 0 heterocycles. The van der Waals surface area contributed by atoms with E-state index in [1.165, 1.54) is 19.3 Å². The average molecular weight is 308 g/mol. The Hall–Kier alpha value is -1.01. The number of hydrogen-bond donors (Lipinski definition) is 0. The minimum atomic E-state index is 0.279. The van der Waals surface area contributed by atoms with Crippen LogP contribution in [0.1, 0.15) is 44.6 Å². The van der Waals surface area contributed by atoms with Crippen molar-refractivity contribution in [3.05, 3.63) is 28.2 Å². The quantitative estimate of drug-likeness (QED) is 0.813. The van der Waals surface area contributed by atoms with Crippen molar-refractivity contribution in [1.29, 1.82) is 5.26 Å². The summed E-state index contributed by atoms with van der Waals surface area (Å²) in [6.07, 6.45) is 6.27. The van der Waals surface area contributed by atoms with E-state index in [0.717, 1.165) is 29.0 Å². The summed E-state index contributed by atoms with van der Waals surface area (Å²) in [7, 11) is 0. The lowest BCUT2D eigenvalue weighted by atomic mass is 9.86. The molecule has 18 heavy (non-hydrogen) atoms. The van der Waals surface area contributed by atoms with E-state index in [0.29, 0.717) is 5.56 Å². The van der Waals surface area contributed by atoms with Crippen molar-refractivity contribution < 1.29 is 4.74 Å². The lowest BCUT2D eigenvalue weighted by molar-refractivity contribution is 0.129. The van der Waals surface area contributed by atoms with Crippen molar-refractivity contribution in [2.24, 2.45) is 5.92 Å². The van der Waals surface area contributed by atoms with Crippen LogP contribution in [0.15, 0.2) is 22.7 Å². The Morgan fingerprint density at radius 2 is 2.06 bits per heavy atom. The second-order valence-electron chi connectivity index (χ2n) is 4.92. The molecule has 2 nitrogen and oxygen atoms in total. The van der Waals surface area contributed by atoms with Crippen LogP contribution in [0, 0.1) is 17.2 Å². The Labute approximate surface area is 117 Å². The highest BCUT2D eigenvalue weighted by Gasteiger charge is 2.21. The third kappa shape index (κ3) is 3.26. The summed E-state index contributed by atoms with van der Waals surface area (Å²) in [6, 6.07) is 7.81. The maximum Gasteiger partial charge on any atom is 0.137 e. The second-order valence-corrected chi connectivity index (χ2v) is 5.84. The first-order valence-electron chi connectivity index (χ1n) is 6.59. The van der Waals surface area contributed by atoms with Crippen LogP contribution in [-0.4, -0.2) is 6.10 Å². The number of benzene rings is 1. The molecule has 2 rings (SSSR count). The van der Waals surface area contributed by atoms with Gasteiger partial charge in [-0.1, -0.05) is 29.3 Å². The van der Waals surface area contributed by atoms with Crippen LogP contribution in [0.4, 0.5) is 0 Å². The van der Waals surface area contributed by atoms with E-state index in [9.17, 15) is 0 Å². The van der Waals surface area contributed by atoms with Gasteiger partial charge in [-0.15, -0.1) is 0 Å². The molecule has 1 fully saturated rings. The summed E-state index contributed by atoms with van der Waals surface area (Å²) >= 11 is 3.37. The Balaban J connectivity index is 2.00. The molecule has 0 spiro atoms. The van der Waals surface area contributed by atoms with Gasteiger partial charge in [0.05, 0.1) is 11.7 Å². The zero-order valence-corrected chi connectivity index (χ0v) is 12.2. The van der Waals surface area contributed by atoms with Gasteiger partial charge in [0.15, 0.2) is 0 Å². The number of ether oxygens (including phenoxy) is 1. The number of halogens is 1. The molecule has 0 bridgehead atoms. The van der Waals surface area contributed by atoms with Crippen LogP contribution in [-0.2, 0) is 0 Å². The predicted octanol–water partition coefficient (Wildman–Crippen LogP) is 4.67. The summed E-state index contributed by atoms with van der Waals surface area (Å²) < 4.78 is 6.90. The molecule has 0 N–H and O–H groups in total. The highest BCUT2D eigenvalue weighted by Crippen LogP contribution is 2.31. The Morgan fingerprint density at radius 3 is 2.67 bits per heavy atom. The second kappa shape index (κ2) is 6.24. The Kier molecular flexibility index (Phi) is 4.66. The van der Waals surface area contributed by atoms with Crippen LogP contribution in [0.2, 0.25) is 0 Å². The van der Waals surface area contributed by atoms with Gasteiger partial charge in [-0.2, -0.15) is 5.26 Å². The van der Waals surface area contributed by atoms with E-state index >= 15 is 0 Å². The Bertz CT molecular complexity index is 444. The van der Waals surface area contributed by atoms with Gasteiger partial charge in [-0.3, -0.25) is 0 Å².